The lowest BCUT2D eigenvalue weighted by molar-refractivity contribution is 0.0641. The number of aliphatic hydroxyl groups is 1. The third-order valence-electron chi connectivity index (χ3n) is 1.49. The average molecular weight is 201 g/mol. The summed E-state index contributed by atoms with van der Waals surface area (Å²) < 4.78 is 4.76. The number of thiazole rings is 1. The second-order valence-corrected chi connectivity index (χ2v) is 3.49. The standard InChI is InChI=1S/C8H11NO3S/c1-5(10)6-4-13-8(9-6)7(11)3-12-2/h4,7,11H,3H2,1-2H3. The summed E-state index contributed by atoms with van der Waals surface area (Å²) in [6.45, 7) is 1.65. The molecule has 72 valence electrons. The molecule has 0 fully saturated rings. The topological polar surface area (TPSA) is 59.4 Å². The van der Waals surface area contributed by atoms with E-state index in [4.69, 9.17) is 4.74 Å². The first-order valence-corrected chi connectivity index (χ1v) is 4.66. The molecule has 1 N–H and O–H groups in total. The largest absolute Gasteiger partial charge is 0.383 e. The van der Waals surface area contributed by atoms with Gasteiger partial charge in [0.2, 0.25) is 0 Å². The summed E-state index contributed by atoms with van der Waals surface area (Å²) >= 11 is 1.26. The molecule has 0 aliphatic heterocycles. The molecule has 1 rings (SSSR count). The highest BCUT2D eigenvalue weighted by Crippen LogP contribution is 2.18. The van der Waals surface area contributed by atoms with Crippen LogP contribution in [0.5, 0.6) is 0 Å². The normalized spacial score (nSPS) is 12.8. The first kappa shape index (κ1) is 10.3. The fraction of sp³-hybridized carbons (Fsp3) is 0.500. The van der Waals surface area contributed by atoms with Crippen LogP contribution in [0.4, 0.5) is 0 Å². The van der Waals surface area contributed by atoms with Crippen LogP contribution in [0, 0.1) is 0 Å². The highest BCUT2D eigenvalue weighted by atomic mass is 32.1. The van der Waals surface area contributed by atoms with Gasteiger partial charge in [0.1, 0.15) is 16.8 Å². The Morgan fingerprint density at radius 3 is 3.00 bits per heavy atom. The molecule has 0 aliphatic carbocycles. The quantitative estimate of drug-likeness (QED) is 0.739. The smallest absolute Gasteiger partial charge is 0.178 e. The van der Waals surface area contributed by atoms with E-state index in [-0.39, 0.29) is 12.4 Å². The van der Waals surface area contributed by atoms with E-state index >= 15 is 0 Å². The van der Waals surface area contributed by atoms with Crippen molar-refractivity contribution < 1.29 is 14.6 Å². The van der Waals surface area contributed by atoms with Crippen LogP contribution in [0.15, 0.2) is 5.38 Å². The maximum atomic E-state index is 10.9. The Kier molecular flexibility index (Phi) is 3.53. The van der Waals surface area contributed by atoms with Crippen LogP contribution in [0.3, 0.4) is 0 Å². The van der Waals surface area contributed by atoms with Gasteiger partial charge in [0, 0.05) is 19.4 Å². The summed E-state index contributed by atoms with van der Waals surface area (Å²) in [6, 6.07) is 0. The summed E-state index contributed by atoms with van der Waals surface area (Å²) in [7, 11) is 1.50. The predicted molar refractivity (Wildman–Crippen MR) is 49.0 cm³/mol. The molecule has 0 spiro atoms. The third kappa shape index (κ3) is 2.58. The molecule has 4 nitrogen and oxygen atoms in total. The molecule has 1 unspecified atom stereocenters. The maximum Gasteiger partial charge on any atom is 0.178 e. The number of methoxy groups -OCH3 is 1. The number of aliphatic hydroxyl groups excluding tert-OH is 1. The second kappa shape index (κ2) is 4.45. The fourth-order valence-corrected chi connectivity index (χ4v) is 1.66. The molecule has 1 atom stereocenters. The van der Waals surface area contributed by atoms with E-state index in [0.717, 1.165) is 0 Å². The highest BCUT2D eigenvalue weighted by molar-refractivity contribution is 7.09. The Balaban J connectivity index is 2.73. The monoisotopic (exact) mass is 201 g/mol. The lowest BCUT2D eigenvalue weighted by atomic mass is 10.3. The molecule has 0 aromatic carbocycles. The van der Waals surface area contributed by atoms with Gasteiger partial charge in [0.25, 0.3) is 0 Å². The van der Waals surface area contributed by atoms with Crippen molar-refractivity contribution in [1.82, 2.24) is 4.98 Å². The minimum atomic E-state index is -0.733. The Hall–Kier alpha value is -0.780. The Morgan fingerprint density at radius 1 is 1.85 bits per heavy atom. The van der Waals surface area contributed by atoms with E-state index < -0.39 is 6.10 Å². The number of carbonyl (C=O) groups excluding carboxylic acids is 1. The van der Waals surface area contributed by atoms with Gasteiger partial charge in [0.05, 0.1) is 6.61 Å². The van der Waals surface area contributed by atoms with Gasteiger partial charge in [-0.2, -0.15) is 0 Å². The van der Waals surface area contributed by atoms with Crippen molar-refractivity contribution in [3.63, 3.8) is 0 Å². The van der Waals surface area contributed by atoms with E-state index in [0.29, 0.717) is 10.7 Å². The summed E-state index contributed by atoms with van der Waals surface area (Å²) in [4.78, 5) is 14.8. The lowest BCUT2D eigenvalue weighted by Crippen LogP contribution is -2.05. The number of nitrogens with zero attached hydrogens (tertiary/aromatic N) is 1. The highest BCUT2D eigenvalue weighted by Gasteiger charge is 2.13. The van der Waals surface area contributed by atoms with E-state index in [9.17, 15) is 9.90 Å². The zero-order valence-corrected chi connectivity index (χ0v) is 8.30. The summed E-state index contributed by atoms with van der Waals surface area (Å²) in [5.41, 5.74) is 0.398. The lowest BCUT2D eigenvalue weighted by Gasteiger charge is -2.03. The zero-order chi connectivity index (χ0) is 9.84. The third-order valence-corrected chi connectivity index (χ3v) is 2.44. The molecule has 0 saturated carbocycles. The van der Waals surface area contributed by atoms with Crippen LogP contribution >= 0.6 is 11.3 Å². The van der Waals surface area contributed by atoms with Gasteiger partial charge in [0.15, 0.2) is 5.78 Å². The summed E-state index contributed by atoms with van der Waals surface area (Å²) in [5.74, 6) is -0.0906. The van der Waals surface area contributed by atoms with Crippen LogP contribution in [0.1, 0.15) is 28.5 Å². The molecule has 1 aromatic heterocycles. The van der Waals surface area contributed by atoms with Gasteiger partial charge in [-0.1, -0.05) is 0 Å². The van der Waals surface area contributed by atoms with Crippen LogP contribution in [0.2, 0.25) is 0 Å². The van der Waals surface area contributed by atoms with Crippen molar-refractivity contribution >= 4 is 17.1 Å². The molecule has 0 bridgehead atoms. The van der Waals surface area contributed by atoms with Crippen LogP contribution in [-0.4, -0.2) is 29.6 Å². The number of rotatable bonds is 4. The SMILES string of the molecule is COCC(O)c1nc(C(C)=O)cs1. The van der Waals surface area contributed by atoms with Crippen molar-refractivity contribution in [2.45, 2.75) is 13.0 Å². The number of hydrogen-bond donors (Lipinski definition) is 1. The number of aromatic nitrogens is 1. The van der Waals surface area contributed by atoms with E-state index in [2.05, 4.69) is 4.98 Å². The Morgan fingerprint density at radius 2 is 2.54 bits per heavy atom. The maximum absolute atomic E-state index is 10.9. The van der Waals surface area contributed by atoms with Gasteiger partial charge in [-0.3, -0.25) is 4.79 Å². The Bertz CT molecular complexity index is 297. The minimum absolute atomic E-state index is 0.0906. The first-order valence-electron chi connectivity index (χ1n) is 3.78. The van der Waals surface area contributed by atoms with E-state index in [1.807, 2.05) is 0 Å². The van der Waals surface area contributed by atoms with Crippen molar-refractivity contribution in [1.29, 1.82) is 0 Å². The number of ether oxygens (including phenoxy) is 1. The first-order chi connectivity index (χ1) is 6.15. The molecule has 13 heavy (non-hydrogen) atoms. The van der Waals surface area contributed by atoms with Crippen molar-refractivity contribution in [3.8, 4) is 0 Å². The van der Waals surface area contributed by atoms with E-state index in [1.54, 1.807) is 5.38 Å². The number of Topliss-reactive ketones (excluding diaryl/α,β-unsaturated/α-hetero) is 1. The summed E-state index contributed by atoms with van der Waals surface area (Å²) in [6.07, 6.45) is -0.733. The van der Waals surface area contributed by atoms with Gasteiger partial charge in [-0.15, -0.1) is 11.3 Å². The zero-order valence-electron chi connectivity index (χ0n) is 7.48. The van der Waals surface area contributed by atoms with Crippen LogP contribution < -0.4 is 0 Å². The van der Waals surface area contributed by atoms with Gasteiger partial charge < -0.3 is 9.84 Å². The molecule has 0 radical (unpaired) electrons. The fourth-order valence-electron chi connectivity index (χ4n) is 0.832. The molecule has 1 heterocycles. The van der Waals surface area contributed by atoms with Crippen molar-refractivity contribution in [2.24, 2.45) is 0 Å². The number of ketones is 1. The summed E-state index contributed by atoms with van der Waals surface area (Å²) in [5, 5.41) is 11.6. The van der Waals surface area contributed by atoms with Gasteiger partial charge in [-0.25, -0.2) is 4.98 Å². The molecule has 0 aliphatic rings. The van der Waals surface area contributed by atoms with Crippen LogP contribution in [0.25, 0.3) is 0 Å². The van der Waals surface area contributed by atoms with Gasteiger partial charge >= 0.3 is 0 Å². The van der Waals surface area contributed by atoms with Crippen molar-refractivity contribution in [3.05, 3.63) is 16.1 Å². The molecule has 0 saturated heterocycles. The van der Waals surface area contributed by atoms with Crippen molar-refractivity contribution in [2.75, 3.05) is 13.7 Å². The van der Waals surface area contributed by atoms with Crippen LogP contribution in [-0.2, 0) is 4.74 Å². The van der Waals surface area contributed by atoms with Gasteiger partial charge in [-0.05, 0) is 0 Å². The average Bonchev–Trinajstić information content (AvgIpc) is 2.52. The molecule has 5 heteroatoms. The second-order valence-electron chi connectivity index (χ2n) is 2.60. The number of carbonyl (C=O) groups is 1. The van der Waals surface area contributed by atoms with E-state index in [1.165, 1.54) is 25.4 Å². The molecular formula is C8H11NO3S. The minimum Gasteiger partial charge on any atom is -0.383 e. The predicted octanol–water partition coefficient (Wildman–Crippen LogP) is 1.03. The Labute approximate surface area is 80.2 Å². The molecular weight excluding hydrogens is 190 g/mol. The molecule has 0 amide bonds. The molecule has 1 aromatic rings. The number of hydrogen-bond acceptors (Lipinski definition) is 5.